The number of carboxylic acid groups (broad SMARTS) is 8. The van der Waals surface area contributed by atoms with Crippen LogP contribution in [0, 0.1) is 79.9 Å². The monoisotopic (exact) mass is 1150 g/mol. The number of aliphatic carboxylic acids is 8. The van der Waals surface area contributed by atoms with E-state index >= 15 is 0 Å². The van der Waals surface area contributed by atoms with Gasteiger partial charge in [0, 0.05) is 118 Å². The van der Waals surface area contributed by atoms with Crippen molar-refractivity contribution in [2.75, 3.05) is 137 Å². The maximum atomic E-state index is 11.1. The van der Waals surface area contributed by atoms with Crippen LogP contribution < -0.4 is 0 Å². The molecule has 0 aromatic carbocycles. The molecule has 1 saturated heterocycles. The Bertz CT molecular complexity index is 1130. The molecule has 0 spiro atoms. The van der Waals surface area contributed by atoms with Crippen molar-refractivity contribution in [2.24, 2.45) is 0 Å². The van der Waals surface area contributed by atoms with Crippen LogP contribution in [0.2, 0.25) is 0 Å². The number of carbonyl (C=O) groups is 8. The predicted octanol–water partition coefficient (Wildman–Crippen LogP) is -4.44. The van der Waals surface area contributed by atoms with Crippen molar-refractivity contribution in [3.8, 4) is 0 Å². The molecule has 0 atom stereocenters. The van der Waals surface area contributed by atoms with Crippen LogP contribution in [0.5, 0.6) is 0 Å². The second-order valence-electron chi connectivity index (χ2n) is 12.5. The van der Waals surface area contributed by atoms with Crippen molar-refractivity contribution in [2.45, 2.75) is 7.43 Å². The van der Waals surface area contributed by atoms with E-state index in [-0.39, 0.29) is 151 Å². The maximum absolute atomic E-state index is 11.1. The largest absolute Gasteiger partial charge is 3.00 e. The Morgan fingerprint density at radius 3 is 0.763 bits per heavy atom. The summed E-state index contributed by atoms with van der Waals surface area (Å²) in [6.45, 7) is 3.64. The molecule has 1 rings (SSSR count). The minimum Gasteiger partial charge on any atom is -0.512 e. The van der Waals surface area contributed by atoms with Crippen LogP contribution in [0.15, 0.2) is 12.3 Å². The van der Waals surface area contributed by atoms with Gasteiger partial charge in [0.15, 0.2) is 0 Å². The first-order valence-electron chi connectivity index (χ1n) is 16.8. The molecule has 27 heteroatoms. The zero-order valence-corrected chi connectivity index (χ0v) is 36.3. The predicted molar refractivity (Wildman–Crippen MR) is 200 cm³/mol. The van der Waals surface area contributed by atoms with Crippen molar-refractivity contribution in [3.63, 3.8) is 0 Å². The van der Waals surface area contributed by atoms with Crippen LogP contribution in [-0.2, 0) is 43.8 Å². The van der Waals surface area contributed by atoms with Gasteiger partial charge in [-0.2, -0.15) is 0 Å². The molecule has 1 fully saturated rings. The number of hydrogen-bond acceptors (Lipinski definition) is 16. The standard InChI is InChI=1S/C17H30N4O7.C14H23N3O10.CH4.2Gd.H2O/c1-14(22)10-18-2-4-19(11-15(23)24)6-8-21(13-17(27)28)9-7-20(5-3-18)12-16(25)26;18-10(19)5-15(1-3-16(6-11(20)21)7-12(22)23)2-4-17(8-13(24)25)9-14(26)27;;;;/h22H,1-13H2,(H,23,24)(H,25,26)(H,27,28);1-9H2,(H,18,19)(H,20,21)(H,22,23)(H,24,25)(H,26,27);1H4;;;1H2/q;;;;+3;/p+1. The summed E-state index contributed by atoms with van der Waals surface area (Å²) in [6.07, 6.45) is 0. The number of nitrogens with zero attached hydrogens (tertiary/aromatic N) is 7. The minimum atomic E-state index is -1.24. The Morgan fingerprint density at radius 1 is 0.390 bits per heavy atom. The molecule has 25 nitrogen and oxygen atoms in total. The second-order valence-corrected chi connectivity index (χ2v) is 12.5. The molecule has 0 aromatic rings. The van der Waals surface area contributed by atoms with E-state index in [9.17, 15) is 43.5 Å². The Labute approximate surface area is 405 Å². The quantitative estimate of drug-likeness (QED) is 0.0325. The van der Waals surface area contributed by atoms with E-state index in [1.807, 2.05) is 4.90 Å². The molecule has 0 bridgehead atoms. The Kier molecular flexibility index (Phi) is 41.7. The summed E-state index contributed by atoms with van der Waals surface area (Å²) in [5.41, 5.74) is 0. The van der Waals surface area contributed by atoms with E-state index in [0.717, 1.165) is 9.80 Å². The first-order chi connectivity index (χ1) is 25.6. The third kappa shape index (κ3) is 39.5. The fourth-order valence-electron chi connectivity index (χ4n) is 5.26. The number of hydrogen-bond donors (Lipinski definition) is 9. The zero-order chi connectivity index (χ0) is 42.1. The summed E-state index contributed by atoms with van der Waals surface area (Å²) in [5, 5.41) is 81.0. The zero-order valence-electron chi connectivity index (χ0n) is 31.8. The van der Waals surface area contributed by atoms with Crippen molar-refractivity contribution in [1.29, 1.82) is 0 Å². The summed E-state index contributed by atoms with van der Waals surface area (Å²) in [7, 11) is 0. The smallest absolute Gasteiger partial charge is 0.512 e. The summed E-state index contributed by atoms with van der Waals surface area (Å²) in [4.78, 5) is 98.0. The van der Waals surface area contributed by atoms with E-state index < -0.39 is 80.5 Å². The van der Waals surface area contributed by atoms with Crippen molar-refractivity contribution < 1.29 is 170 Å². The molecule has 343 valence electrons. The average Bonchev–Trinajstić information content (AvgIpc) is 3.01. The number of aliphatic hydroxyl groups is 1. The molecule has 1 radical (unpaired) electrons. The van der Waals surface area contributed by atoms with Crippen LogP contribution in [0.4, 0.5) is 0 Å². The molecule has 0 aromatic heterocycles. The molecule has 0 aliphatic carbocycles. The Hall–Kier alpha value is -2.37. The van der Waals surface area contributed by atoms with Gasteiger partial charge < -0.3 is 51.4 Å². The summed E-state index contributed by atoms with van der Waals surface area (Å²) in [6, 6.07) is 0. The molecular weight excluding hydrogens is 1080 g/mol. The van der Waals surface area contributed by atoms with E-state index in [4.69, 9.17) is 40.9 Å². The first-order valence-corrected chi connectivity index (χ1v) is 16.8. The van der Waals surface area contributed by atoms with Gasteiger partial charge >= 0.3 is 87.7 Å². The summed E-state index contributed by atoms with van der Waals surface area (Å²) in [5.74, 6) is -9.11. The minimum absolute atomic E-state index is 0. The summed E-state index contributed by atoms with van der Waals surface area (Å²) < 4.78 is 0. The third-order valence-electron chi connectivity index (χ3n) is 7.67. The van der Waals surface area contributed by atoms with Gasteiger partial charge in [-0.1, -0.05) is 14.0 Å². The topological polar surface area (TPSA) is 374 Å². The van der Waals surface area contributed by atoms with Gasteiger partial charge in [-0.05, 0) is 0 Å². The van der Waals surface area contributed by atoms with Crippen molar-refractivity contribution >= 4 is 47.8 Å². The van der Waals surface area contributed by atoms with Crippen LogP contribution in [-0.4, -0.2) is 265 Å². The molecule has 0 unspecified atom stereocenters. The normalized spacial score (nSPS) is 14.3. The Morgan fingerprint density at radius 2 is 0.576 bits per heavy atom. The van der Waals surface area contributed by atoms with E-state index in [1.165, 1.54) is 4.90 Å². The molecule has 12 N–H and O–H groups in total. The van der Waals surface area contributed by atoms with Crippen LogP contribution in [0.3, 0.4) is 0 Å². The van der Waals surface area contributed by atoms with Gasteiger partial charge in [-0.15, -0.1) is 0 Å². The molecule has 0 saturated carbocycles. The van der Waals surface area contributed by atoms with Crippen LogP contribution in [0.25, 0.3) is 0 Å². The molecule has 1 aliphatic heterocycles. The molecule has 59 heavy (non-hydrogen) atoms. The Balaban J connectivity index is -0.000000309. The molecule has 0 amide bonds. The van der Waals surface area contributed by atoms with Gasteiger partial charge in [0.2, 0.25) is 0 Å². The van der Waals surface area contributed by atoms with Gasteiger partial charge in [0.1, 0.15) is 0 Å². The number of aliphatic hydroxyl groups excluding tert-OH is 1. The number of rotatable bonds is 24. The molecule has 1 heterocycles. The van der Waals surface area contributed by atoms with Gasteiger partial charge in [0.05, 0.1) is 64.7 Å². The third-order valence-corrected chi connectivity index (χ3v) is 7.67. The fraction of sp³-hybridized carbons (Fsp3) is 0.688. The van der Waals surface area contributed by atoms with Gasteiger partial charge in [0.25, 0.3) is 0 Å². The SMILES string of the molecule is C.C=C(O)CN1CCN(CC(=O)O)CCN(CC(=O)O)CCN(CC(=O)O)CC1.O=C(O)CN(CCN(CC(=O)O)CC(=O)O)CCN(CC(=O)O)CC(=O)O.[Gd+3].[Gd].[OH3+]. The van der Waals surface area contributed by atoms with Gasteiger partial charge in [-0.25, -0.2) is 0 Å². The van der Waals surface area contributed by atoms with Gasteiger partial charge in [-0.3, -0.25) is 72.7 Å². The number of carboxylic acids is 8. The molecular formula is C32H60Gd2N7O18+4. The molecule has 1 aliphatic rings. The first kappa shape index (κ1) is 65.7. The maximum Gasteiger partial charge on any atom is 3.00 e. The fourth-order valence-corrected chi connectivity index (χ4v) is 5.26. The van der Waals surface area contributed by atoms with Crippen molar-refractivity contribution in [1.82, 2.24) is 34.3 Å². The van der Waals surface area contributed by atoms with E-state index in [2.05, 4.69) is 6.58 Å². The van der Waals surface area contributed by atoms with Crippen LogP contribution in [0.1, 0.15) is 7.43 Å². The van der Waals surface area contributed by atoms with Crippen LogP contribution >= 0.6 is 0 Å². The summed E-state index contributed by atoms with van der Waals surface area (Å²) >= 11 is 0. The van der Waals surface area contributed by atoms with Crippen molar-refractivity contribution in [3.05, 3.63) is 12.3 Å². The second kappa shape index (κ2) is 37.4. The average molecular weight is 1150 g/mol. The van der Waals surface area contributed by atoms with E-state index in [1.54, 1.807) is 14.7 Å². The van der Waals surface area contributed by atoms with E-state index in [0.29, 0.717) is 52.4 Å².